The fourth-order valence-electron chi connectivity index (χ4n) is 1.69. The van der Waals surface area contributed by atoms with Crippen LogP contribution in [0.1, 0.15) is 17.1 Å². The molecule has 2 aromatic heterocycles. The summed E-state index contributed by atoms with van der Waals surface area (Å²) in [7, 11) is 0. The van der Waals surface area contributed by atoms with Crippen LogP contribution >= 0.6 is 15.9 Å². The lowest BCUT2D eigenvalue weighted by Crippen LogP contribution is -2.08. The first-order valence-corrected chi connectivity index (χ1v) is 6.88. The minimum Gasteiger partial charge on any atom is -0.485 e. The molecule has 0 bridgehead atoms. The minimum atomic E-state index is 0.426. The molecular weight excluding hydrogens is 306 g/mol. The van der Waals surface area contributed by atoms with Crippen molar-refractivity contribution in [3.63, 3.8) is 0 Å². The van der Waals surface area contributed by atoms with Gasteiger partial charge in [-0.1, -0.05) is 0 Å². The van der Waals surface area contributed by atoms with E-state index in [2.05, 4.69) is 25.9 Å². The smallest absolute Gasteiger partial charge is 0.141 e. The maximum atomic E-state index is 5.77. The Hall–Kier alpha value is -1.46. The molecule has 4 nitrogen and oxygen atoms in total. The molecule has 5 heteroatoms. The van der Waals surface area contributed by atoms with E-state index >= 15 is 0 Å². The van der Waals surface area contributed by atoms with Gasteiger partial charge >= 0.3 is 0 Å². The summed E-state index contributed by atoms with van der Waals surface area (Å²) < 4.78 is 6.73. The molecule has 0 aromatic carbocycles. The van der Waals surface area contributed by atoms with Crippen LogP contribution in [0.3, 0.4) is 0 Å². The second-order valence-electron chi connectivity index (χ2n) is 4.19. The number of hydrogen-bond acceptors (Lipinski definition) is 4. The fraction of sp³-hybridized carbons (Fsp3) is 0.286. The van der Waals surface area contributed by atoms with Gasteiger partial charge in [-0.3, -0.25) is 9.97 Å². The van der Waals surface area contributed by atoms with E-state index in [-0.39, 0.29) is 0 Å². The topological polar surface area (TPSA) is 61.0 Å². The summed E-state index contributed by atoms with van der Waals surface area (Å²) in [5, 5.41) is 0. The van der Waals surface area contributed by atoms with Gasteiger partial charge in [-0.25, -0.2) is 0 Å². The second kappa shape index (κ2) is 6.63. The first-order valence-electron chi connectivity index (χ1n) is 6.09. The van der Waals surface area contributed by atoms with E-state index in [1.807, 2.05) is 31.2 Å². The number of aryl methyl sites for hydroxylation is 1. The van der Waals surface area contributed by atoms with Gasteiger partial charge in [0, 0.05) is 22.8 Å². The number of nitrogens with two attached hydrogens (primary N) is 1. The molecule has 2 N–H and O–H groups in total. The van der Waals surface area contributed by atoms with Crippen molar-refractivity contribution in [2.75, 3.05) is 6.54 Å². The molecule has 0 unspecified atom stereocenters. The van der Waals surface area contributed by atoms with Crippen molar-refractivity contribution < 1.29 is 4.74 Å². The maximum Gasteiger partial charge on any atom is 0.141 e. The number of halogens is 1. The van der Waals surface area contributed by atoms with Crippen LogP contribution in [0, 0.1) is 6.92 Å². The quantitative estimate of drug-likeness (QED) is 0.919. The van der Waals surface area contributed by atoms with Crippen molar-refractivity contribution in [1.82, 2.24) is 9.97 Å². The zero-order valence-corrected chi connectivity index (χ0v) is 12.4. The molecule has 0 atom stereocenters. The third-order valence-electron chi connectivity index (χ3n) is 2.62. The Kier molecular flexibility index (Phi) is 4.87. The zero-order chi connectivity index (χ0) is 13.7. The Morgan fingerprint density at radius 3 is 2.79 bits per heavy atom. The van der Waals surface area contributed by atoms with E-state index in [1.54, 1.807) is 6.20 Å². The van der Waals surface area contributed by atoms with E-state index in [4.69, 9.17) is 10.5 Å². The normalized spacial score (nSPS) is 10.5. The molecule has 0 aliphatic heterocycles. The third-order valence-corrected chi connectivity index (χ3v) is 3.09. The molecule has 0 radical (unpaired) electrons. The average Bonchev–Trinajstić information content (AvgIpc) is 2.40. The van der Waals surface area contributed by atoms with Crippen molar-refractivity contribution in [1.29, 1.82) is 0 Å². The highest BCUT2D eigenvalue weighted by Crippen LogP contribution is 2.18. The van der Waals surface area contributed by atoms with Crippen LogP contribution in [0.25, 0.3) is 0 Å². The van der Waals surface area contributed by atoms with E-state index in [9.17, 15) is 0 Å². The van der Waals surface area contributed by atoms with E-state index < -0.39 is 0 Å². The summed E-state index contributed by atoms with van der Waals surface area (Å²) in [6.45, 7) is 2.94. The van der Waals surface area contributed by atoms with Crippen molar-refractivity contribution in [3.05, 3.63) is 52.0 Å². The van der Waals surface area contributed by atoms with Crippen molar-refractivity contribution >= 4 is 15.9 Å². The van der Waals surface area contributed by atoms with Gasteiger partial charge in [0.1, 0.15) is 12.4 Å². The number of hydrogen-bond donors (Lipinski definition) is 1. The van der Waals surface area contributed by atoms with E-state index in [1.165, 1.54) is 0 Å². The van der Waals surface area contributed by atoms with Gasteiger partial charge in [0.2, 0.25) is 0 Å². The summed E-state index contributed by atoms with van der Waals surface area (Å²) in [5.74, 6) is 0.778. The van der Waals surface area contributed by atoms with Gasteiger partial charge in [-0.05, 0) is 53.7 Å². The average molecular weight is 322 g/mol. The zero-order valence-electron chi connectivity index (χ0n) is 10.8. The summed E-state index contributed by atoms with van der Waals surface area (Å²) in [6, 6.07) is 7.74. The lowest BCUT2D eigenvalue weighted by molar-refractivity contribution is 0.296. The first-order chi connectivity index (χ1) is 9.19. The predicted molar refractivity (Wildman–Crippen MR) is 78.0 cm³/mol. The van der Waals surface area contributed by atoms with Crippen LogP contribution in [0.15, 0.2) is 34.9 Å². The highest BCUT2D eigenvalue weighted by atomic mass is 79.9. The molecule has 0 amide bonds. The van der Waals surface area contributed by atoms with Gasteiger partial charge in [-0.15, -0.1) is 0 Å². The Bertz CT molecular complexity index is 543. The largest absolute Gasteiger partial charge is 0.485 e. The SMILES string of the molecule is Cc1ccc(OCc2ccc(Br)cn2)c(CCN)n1. The summed E-state index contributed by atoms with van der Waals surface area (Å²) >= 11 is 3.35. The molecule has 0 aliphatic rings. The number of ether oxygens (including phenoxy) is 1. The molecule has 0 spiro atoms. The van der Waals surface area contributed by atoms with Crippen LogP contribution in [0.2, 0.25) is 0 Å². The molecule has 2 aromatic rings. The van der Waals surface area contributed by atoms with Crippen molar-refractivity contribution in [3.8, 4) is 5.75 Å². The maximum absolute atomic E-state index is 5.77. The number of rotatable bonds is 5. The Morgan fingerprint density at radius 2 is 2.11 bits per heavy atom. The lowest BCUT2D eigenvalue weighted by atomic mass is 10.2. The molecule has 19 heavy (non-hydrogen) atoms. The summed E-state index contributed by atoms with van der Waals surface area (Å²) in [6.07, 6.45) is 2.47. The highest BCUT2D eigenvalue weighted by molar-refractivity contribution is 9.10. The Morgan fingerprint density at radius 1 is 1.26 bits per heavy atom. The summed E-state index contributed by atoms with van der Waals surface area (Å²) in [5.41, 5.74) is 8.34. The van der Waals surface area contributed by atoms with Crippen LogP contribution < -0.4 is 10.5 Å². The number of nitrogens with zero attached hydrogens (tertiary/aromatic N) is 2. The third kappa shape index (κ3) is 4.01. The molecular formula is C14H16BrN3O. The van der Waals surface area contributed by atoms with Gasteiger partial charge in [0.05, 0.1) is 11.4 Å². The predicted octanol–water partition coefficient (Wildman–Crippen LogP) is 2.63. The Balaban J connectivity index is 2.08. The highest BCUT2D eigenvalue weighted by Gasteiger charge is 2.06. The van der Waals surface area contributed by atoms with Crippen LogP contribution in [-0.4, -0.2) is 16.5 Å². The van der Waals surface area contributed by atoms with Gasteiger partial charge < -0.3 is 10.5 Å². The van der Waals surface area contributed by atoms with Crippen LogP contribution in [0.4, 0.5) is 0 Å². The molecule has 0 saturated carbocycles. The fourth-order valence-corrected chi connectivity index (χ4v) is 1.92. The molecule has 0 aliphatic carbocycles. The minimum absolute atomic E-state index is 0.426. The standard InChI is InChI=1S/C14H16BrN3O/c1-10-2-5-14(13(18-10)6-7-16)19-9-12-4-3-11(15)8-17-12/h2-5,8H,6-7,9,16H2,1H3. The monoisotopic (exact) mass is 321 g/mol. The molecule has 2 rings (SSSR count). The van der Waals surface area contributed by atoms with E-state index in [0.717, 1.165) is 27.3 Å². The molecule has 100 valence electrons. The number of aromatic nitrogens is 2. The first kappa shape index (κ1) is 14.0. The summed E-state index contributed by atoms with van der Waals surface area (Å²) in [4.78, 5) is 8.73. The van der Waals surface area contributed by atoms with Crippen molar-refractivity contribution in [2.45, 2.75) is 20.0 Å². The Labute approximate surface area is 121 Å². The van der Waals surface area contributed by atoms with Crippen LogP contribution in [-0.2, 0) is 13.0 Å². The molecule has 2 heterocycles. The van der Waals surface area contributed by atoms with Gasteiger partial charge in [0.25, 0.3) is 0 Å². The lowest BCUT2D eigenvalue weighted by Gasteiger charge is -2.10. The number of pyridine rings is 2. The van der Waals surface area contributed by atoms with Crippen LogP contribution in [0.5, 0.6) is 5.75 Å². The molecule has 0 saturated heterocycles. The van der Waals surface area contributed by atoms with Gasteiger partial charge in [0.15, 0.2) is 0 Å². The second-order valence-corrected chi connectivity index (χ2v) is 5.11. The molecule has 0 fully saturated rings. The van der Waals surface area contributed by atoms with E-state index in [0.29, 0.717) is 19.6 Å². The van der Waals surface area contributed by atoms with Gasteiger partial charge in [-0.2, -0.15) is 0 Å². The van der Waals surface area contributed by atoms with Crippen molar-refractivity contribution in [2.24, 2.45) is 5.73 Å².